The number of aryl methyl sites for hydroxylation is 1. The van der Waals surface area contributed by atoms with Gasteiger partial charge in [-0.3, -0.25) is 9.36 Å². The first-order chi connectivity index (χ1) is 21.3. The van der Waals surface area contributed by atoms with Gasteiger partial charge in [0, 0.05) is 22.1 Å². The van der Waals surface area contributed by atoms with Crippen LogP contribution in [0.4, 0.5) is 0 Å². The van der Waals surface area contributed by atoms with Crippen molar-refractivity contribution < 1.29 is 27.5 Å². The first kappa shape index (κ1) is 34.8. The molecule has 10 nitrogen and oxygen atoms in total. The zero-order valence-electron chi connectivity index (χ0n) is 29.6. The Labute approximate surface area is 275 Å². The Morgan fingerprint density at radius 1 is 1.04 bits per heavy atom. The fraction of sp³-hybridized carbons (Fsp3) is 0.647. The largest absolute Gasteiger partial charge is 0.469 e. The van der Waals surface area contributed by atoms with Gasteiger partial charge in [0.05, 0.1) is 20.0 Å². The van der Waals surface area contributed by atoms with Gasteiger partial charge in [0.1, 0.15) is 35.8 Å². The molecule has 5 rings (SSSR count). The molecule has 0 bridgehead atoms. The van der Waals surface area contributed by atoms with Gasteiger partial charge in [0.15, 0.2) is 20.2 Å². The maximum Gasteiger partial charge on any atom is 0.349 e. The van der Waals surface area contributed by atoms with E-state index in [9.17, 15) is 4.79 Å². The second-order valence-electron chi connectivity index (χ2n) is 16.2. The number of nitrogens with zero attached hydrogens (tertiary/aromatic N) is 4. The van der Waals surface area contributed by atoms with Crippen LogP contribution in [0.15, 0.2) is 36.9 Å². The number of hydrogen-bond donors (Lipinski definition) is 0. The summed E-state index contributed by atoms with van der Waals surface area (Å²) < 4.78 is 35.0. The van der Waals surface area contributed by atoms with Gasteiger partial charge in [-0.25, -0.2) is 15.0 Å². The van der Waals surface area contributed by atoms with E-state index in [0.29, 0.717) is 36.3 Å². The van der Waals surface area contributed by atoms with Gasteiger partial charge < -0.3 is 22.8 Å². The number of aromatic nitrogens is 4. The molecule has 2 aromatic heterocycles. The Morgan fingerprint density at radius 2 is 1.74 bits per heavy atom. The van der Waals surface area contributed by atoms with Crippen molar-refractivity contribution in [2.45, 2.75) is 128 Å². The minimum absolute atomic E-state index is 0.0192. The predicted molar refractivity (Wildman–Crippen MR) is 183 cm³/mol. The maximum atomic E-state index is 11.7. The first-order valence-corrected chi connectivity index (χ1v) is 21.0. The predicted octanol–water partition coefficient (Wildman–Crippen LogP) is 7.34. The summed E-state index contributed by atoms with van der Waals surface area (Å²) in [7, 11) is -3.67. The van der Waals surface area contributed by atoms with Crippen LogP contribution in [0.3, 0.4) is 0 Å². The Morgan fingerprint density at radius 3 is 2.37 bits per heavy atom. The first-order valence-electron chi connectivity index (χ1n) is 16.3. The van der Waals surface area contributed by atoms with Crippen molar-refractivity contribution in [1.82, 2.24) is 19.5 Å². The molecule has 2 aliphatic rings. The summed E-state index contributed by atoms with van der Waals surface area (Å²) in [6.45, 7) is 25.1. The van der Waals surface area contributed by atoms with E-state index in [4.69, 9.17) is 32.7 Å². The lowest BCUT2D eigenvalue weighted by Gasteiger charge is -2.54. The van der Waals surface area contributed by atoms with E-state index in [0.717, 1.165) is 11.1 Å². The lowest BCUT2D eigenvalue weighted by molar-refractivity contribution is -0.140. The number of benzene rings is 1. The highest BCUT2D eigenvalue weighted by Gasteiger charge is 2.66. The third kappa shape index (κ3) is 6.24. The molecule has 0 unspecified atom stereocenters. The third-order valence-electron chi connectivity index (χ3n) is 9.93. The summed E-state index contributed by atoms with van der Waals surface area (Å²) in [6, 6.07) is 8.02. The van der Waals surface area contributed by atoms with E-state index in [2.05, 4.69) is 80.4 Å². The number of imidazole rings is 1. The molecule has 12 heteroatoms. The third-order valence-corrected chi connectivity index (χ3v) is 19.5. The highest BCUT2D eigenvalue weighted by Crippen LogP contribution is 2.56. The summed E-state index contributed by atoms with van der Waals surface area (Å²) in [6.07, 6.45) is 2.74. The topological polar surface area (TPSA) is 107 Å². The van der Waals surface area contributed by atoms with Crippen molar-refractivity contribution >= 4 is 34.0 Å². The Bertz CT molecular complexity index is 1560. The highest BCUT2D eigenvalue weighted by molar-refractivity contribution is 6.74. The van der Waals surface area contributed by atoms with E-state index >= 15 is 0 Å². The molecular weight excluding hydrogens is 617 g/mol. The molecule has 2 aliphatic heterocycles. The lowest BCUT2D eigenvalue weighted by atomic mass is 10.0. The number of methoxy groups -OCH3 is 1. The van der Waals surface area contributed by atoms with Crippen molar-refractivity contribution in [3.8, 4) is 11.3 Å². The van der Waals surface area contributed by atoms with Crippen LogP contribution in [-0.2, 0) is 34.0 Å². The summed E-state index contributed by atoms with van der Waals surface area (Å²) in [5.74, 6) is -0.237. The number of esters is 1. The quantitative estimate of drug-likeness (QED) is 0.189. The van der Waals surface area contributed by atoms with Crippen molar-refractivity contribution in [3.63, 3.8) is 0 Å². The molecule has 3 aromatic rings. The van der Waals surface area contributed by atoms with Gasteiger partial charge >= 0.3 is 14.5 Å². The summed E-state index contributed by atoms with van der Waals surface area (Å²) in [5.41, 5.74) is 3.96. The van der Waals surface area contributed by atoms with E-state index in [1.807, 2.05) is 28.8 Å². The summed E-state index contributed by atoms with van der Waals surface area (Å²) >= 11 is 0. The molecule has 0 spiro atoms. The number of hydrogen-bond acceptors (Lipinski definition) is 9. The van der Waals surface area contributed by atoms with Gasteiger partial charge in [-0.2, -0.15) is 0 Å². The molecule has 4 heterocycles. The van der Waals surface area contributed by atoms with E-state index < -0.39 is 23.1 Å². The van der Waals surface area contributed by atoms with Crippen LogP contribution in [0, 0.1) is 0 Å². The van der Waals surface area contributed by atoms with E-state index in [-0.39, 0.29) is 39.4 Å². The minimum Gasteiger partial charge on any atom is -0.469 e. The van der Waals surface area contributed by atoms with Gasteiger partial charge in [-0.15, -0.1) is 0 Å². The highest BCUT2D eigenvalue weighted by atomic mass is 28.4. The van der Waals surface area contributed by atoms with Crippen LogP contribution in [0.5, 0.6) is 0 Å². The van der Waals surface area contributed by atoms with Gasteiger partial charge in [-0.05, 0) is 36.2 Å². The average molecular weight is 669 g/mol. The maximum absolute atomic E-state index is 11.7. The normalized spacial score (nSPS) is 23.8. The molecular formula is C34H52N4O6Si2. The fourth-order valence-corrected chi connectivity index (χ4v) is 12.9. The molecule has 1 aromatic carbocycles. The van der Waals surface area contributed by atoms with Crippen molar-refractivity contribution in [3.05, 3.63) is 42.5 Å². The number of ether oxygens (including phenoxy) is 2. The average Bonchev–Trinajstić information content (AvgIpc) is 3.55. The molecule has 46 heavy (non-hydrogen) atoms. The minimum atomic E-state index is -2.80. The van der Waals surface area contributed by atoms with E-state index in [1.165, 1.54) is 7.11 Å². The van der Waals surface area contributed by atoms with Crippen LogP contribution in [-0.4, -0.2) is 74.4 Å². The van der Waals surface area contributed by atoms with Crippen LogP contribution >= 0.6 is 0 Å². The smallest absolute Gasteiger partial charge is 0.349 e. The monoisotopic (exact) mass is 668 g/mol. The second-order valence-corrected chi connectivity index (χ2v) is 25.8. The number of carbonyl (C=O) groups is 1. The van der Waals surface area contributed by atoms with Crippen LogP contribution in [0.25, 0.3) is 22.4 Å². The molecule has 0 saturated carbocycles. The van der Waals surface area contributed by atoms with Gasteiger partial charge in [-0.1, -0.05) is 80.5 Å². The fourth-order valence-electron chi connectivity index (χ4n) is 6.66. The number of fused-ring (bicyclic) bond motifs is 2. The molecule has 0 aliphatic carbocycles. The Balaban J connectivity index is 1.56. The molecule has 4 atom stereocenters. The second kappa shape index (κ2) is 12.2. The van der Waals surface area contributed by atoms with Crippen molar-refractivity contribution in [2.75, 3.05) is 13.7 Å². The zero-order valence-corrected chi connectivity index (χ0v) is 31.6. The van der Waals surface area contributed by atoms with Gasteiger partial charge in [0.2, 0.25) is 0 Å². The number of rotatable bonds is 7. The summed E-state index contributed by atoms with van der Waals surface area (Å²) in [4.78, 5) is 25.9. The molecule has 0 radical (unpaired) electrons. The van der Waals surface area contributed by atoms with Crippen molar-refractivity contribution in [2.24, 2.45) is 0 Å². The van der Waals surface area contributed by atoms with Crippen LogP contribution in [0.1, 0.15) is 80.5 Å². The van der Waals surface area contributed by atoms with Gasteiger partial charge in [0.25, 0.3) is 0 Å². The molecule has 0 N–H and O–H groups in total. The summed E-state index contributed by atoms with van der Waals surface area (Å²) in [5, 5.41) is -0.370. The van der Waals surface area contributed by atoms with E-state index in [1.54, 1.807) is 12.7 Å². The number of carbonyl (C=O) groups excluding carboxylic acids is 1. The van der Waals surface area contributed by atoms with Crippen LogP contribution in [0.2, 0.25) is 28.2 Å². The molecule has 252 valence electrons. The van der Waals surface area contributed by atoms with Crippen molar-refractivity contribution in [1.29, 1.82) is 0 Å². The SMILES string of the molecule is COC(=O)CCc1cccc(-c2ncnc3c2ncn3[C@@H]2O[C@@H]3CO[Si](C(C)(C)C)(C(C)(C)C)O[C@H]3[C@H]2O[Si](C)(C)C(C)(C)C)c1. The Hall–Kier alpha value is -2.49. The molecule has 0 amide bonds. The standard InChI is InChI=1S/C34H52N4O6Si2/c1-32(2,3)45(11,12)43-29-28-24(19-41-46(44-28,33(4,5)6)34(7,8)9)42-31(29)38-21-37-27-26(35-20-36-30(27)38)23-15-13-14-22(18-23)16-17-25(39)40-10/h13-15,18,20-21,24,28-29,31H,16-17,19H2,1-12H3/t24-,28-,29-,31-/m1/s1. The zero-order chi connectivity index (χ0) is 33.9. The molecule has 2 fully saturated rings. The lowest BCUT2D eigenvalue weighted by Crippen LogP contribution is -2.66. The molecule has 2 saturated heterocycles. The Kier molecular flexibility index (Phi) is 9.24. The van der Waals surface area contributed by atoms with Crippen LogP contribution < -0.4 is 0 Å².